The Kier molecular flexibility index (Phi) is 6.95. The van der Waals surface area contributed by atoms with Gasteiger partial charge in [-0.3, -0.25) is 4.79 Å². The first-order valence-corrected chi connectivity index (χ1v) is 6.69. The largest absolute Gasteiger partial charge is 0.481 e. The smallest absolute Gasteiger partial charge is 0.307 e. The van der Waals surface area contributed by atoms with Gasteiger partial charge in [-0.2, -0.15) is 0 Å². The number of carbonyl (C=O) groups is 1. The van der Waals surface area contributed by atoms with Crippen LogP contribution in [0.3, 0.4) is 0 Å². The number of hydrogen-bond donors (Lipinski definition) is 1. The van der Waals surface area contributed by atoms with Crippen molar-refractivity contribution in [3.63, 3.8) is 0 Å². The van der Waals surface area contributed by atoms with Crippen molar-refractivity contribution in [3.8, 4) is 0 Å². The third kappa shape index (κ3) is 6.65. The number of rotatable bonds is 2. The van der Waals surface area contributed by atoms with E-state index in [4.69, 9.17) is 5.11 Å². The van der Waals surface area contributed by atoms with Crippen LogP contribution in [0.2, 0.25) is 0 Å². The van der Waals surface area contributed by atoms with E-state index < -0.39 is 5.97 Å². The van der Waals surface area contributed by atoms with Gasteiger partial charge in [-0.1, -0.05) is 50.2 Å². The quantitative estimate of drug-likeness (QED) is 0.710. The lowest BCUT2D eigenvalue weighted by atomic mass is 9.99. The Bertz CT molecular complexity index is 231. The van der Waals surface area contributed by atoms with Crippen LogP contribution in [0.15, 0.2) is 11.6 Å². The van der Waals surface area contributed by atoms with Crippen molar-refractivity contribution in [2.24, 2.45) is 0 Å². The second-order valence-corrected chi connectivity index (χ2v) is 4.80. The SMILES string of the molecule is O=C(O)C/C1=C\CCCCCCCCCC1. The highest BCUT2D eigenvalue weighted by Crippen LogP contribution is 2.18. The summed E-state index contributed by atoms with van der Waals surface area (Å²) in [7, 11) is 0. The lowest BCUT2D eigenvalue weighted by Gasteiger charge is -2.08. The number of allylic oxidation sites excluding steroid dienone is 1. The maximum Gasteiger partial charge on any atom is 0.307 e. The molecule has 0 saturated carbocycles. The standard InChI is InChI=1S/C14H24O2/c15-14(16)12-13-10-8-6-4-2-1-3-5-7-9-11-13/h10H,1-9,11-12H2,(H,15,16)/b13-10-. The van der Waals surface area contributed by atoms with Crippen LogP contribution in [0, 0.1) is 0 Å². The number of aliphatic carboxylic acids is 1. The van der Waals surface area contributed by atoms with E-state index >= 15 is 0 Å². The van der Waals surface area contributed by atoms with Crippen LogP contribution in [0.1, 0.15) is 70.6 Å². The summed E-state index contributed by atoms with van der Waals surface area (Å²) in [5.74, 6) is -0.682. The Hall–Kier alpha value is -0.790. The molecule has 1 N–H and O–H groups in total. The molecule has 0 bridgehead atoms. The Morgan fingerprint density at radius 1 is 1.00 bits per heavy atom. The van der Waals surface area contributed by atoms with Crippen molar-refractivity contribution >= 4 is 5.97 Å². The average Bonchev–Trinajstić information content (AvgIpc) is 2.21. The molecular formula is C14H24O2. The second-order valence-electron chi connectivity index (χ2n) is 4.80. The van der Waals surface area contributed by atoms with Crippen LogP contribution >= 0.6 is 0 Å². The predicted molar refractivity (Wildman–Crippen MR) is 66.5 cm³/mol. The highest BCUT2D eigenvalue weighted by Gasteiger charge is 2.04. The van der Waals surface area contributed by atoms with E-state index in [0.717, 1.165) is 18.4 Å². The molecule has 0 saturated heterocycles. The van der Waals surface area contributed by atoms with E-state index in [1.54, 1.807) is 0 Å². The highest BCUT2D eigenvalue weighted by molar-refractivity contribution is 5.69. The molecular weight excluding hydrogens is 200 g/mol. The highest BCUT2D eigenvalue weighted by atomic mass is 16.4. The molecule has 0 radical (unpaired) electrons. The van der Waals surface area contributed by atoms with Gasteiger partial charge in [0.25, 0.3) is 0 Å². The molecule has 0 aliphatic heterocycles. The van der Waals surface area contributed by atoms with Gasteiger partial charge in [-0.25, -0.2) is 0 Å². The minimum atomic E-state index is -0.682. The summed E-state index contributed by atoms with van der Waals surface area (Å²) in [6, 6.07) is 0. The van der Waals surface area contributed by atoms with Gasteiger partial charge in [0.05, 0.1) is 6.42 Å². The molecule has 0 heterocycles. The minimum absolute atomic E-state index is 0.250. The summed E-state index contributed by atoms with van der Waals surface area (Å²) >= 11 is 0. The molecule has 0 unspecified atom stereocenters. The maximum atomic E-state index is 10.7. The molecule has 0 atom stereocenters. The van der Waals surface area contributed by atoms with Crippen molar-refractivity contribution in [2.45, 2.75) is 70.6 Å². The van der Waals surface area contributed by atoms with Crippen LogP contribution < -0.4 is 0 Å². The summed E-state index contributed by atoms with van der Waals surface area (Å²) in [5, 5.41) is 8.81. The monoisotopic (exact) mass is 224 g/mol. The number of carboxylic acids is 1. The van der Waals surface area contributed by atoms with Gasteiger partial charge in [-0.15, -0.1) is 0 Å². The molecule has 0 aromatic heterocycles. The predicted octanol–water partition coefficient (Wildman–Crippen LogP) is 4.30. The van der Waals surface area contributed by atoms with Gasteiger partial charge in [0.2, 0.25) is 0 Å². The van der Waals surface area contributed by atoms with E-state index in [1.807, 2.05) is 0 Å². The summed E-state index contributed by atoms with van der Waals surface area (Å²) in [5.41, 5.74) is 1.15. The average molecular weight is 224 g/mol. The van der Waals surface area contributed by atoms with E-state index in [-0.39, 0.29) is 6.42 Å². The van der Waals surface area contributed by atoms with Gasteiger partial charge >= 0.3 is 5.97 Å². The molecule has 0 fully saturated rings. The van der Waals surface area contributed by atoms with Gasteiger partial charge in [0.15, 0.2) is 0 Å². The fraction of sp³-hybridized carbons (Fsp3) is 0.786. The van der Waals surface area contributed by atoms with Crippen LogP contribution in [0.4, 0.5) is 0 Å². The van der Waals surface area contributed by atoms with Crippen LogP contribution in [-0.4, -0.2) is 11.1 Å². The molecule has 16 heavy (non-hydrogen) atoms. The summed E-state index contributed by atoms with van der Waals surface area (Å²) in [6.07, 6.45) is 14.9. The van der Waals surface area contributed by atoms with Crippen molar-refractivity contribution in [1.29, 1.82) is 0 Å². The van der Waals surface area contributed by atoms with Crippen molar-refractivity contribution in [1.82, 2.24) is 0 Å². The number of hydrogen-bond acceptors (Lipinski definition) is 1. The number of carboxylic acid groups (broad SMARTS) is 1. The summed E-state index contributed by atoms with van der Waals surface area (Å²) in [4.78, 5) is 10.7. The second kappa shape index (κ2) is 8.37. The van der Waals surface area contributed by atoms with E-state index in [2.05, 4.69) is 6.08 Å². The van der Waals surface area contributed by atoms with Crippen molar-refractivity contribution in [2.75, 3.05) is 0 Å². The van der Waals surface area contributed by atoms with Gasteiger partial charge in [-0.05, 0) is 25.7 Å². The van der Waals surface area contributed by atoms with Gasteiger partial charge < -0.3 is 5.11 Å². The molecule has 0 aromatic carbocycles. The van der Waals surface area contributed by atoms with E-state index in [0.29, 0.717) is 0 Å². The zero-order valence-electron chi connectivity index (χ0n) is 10.2. The molecule has 2 nitrogen and oxygen atoms in total. The first-order chi connectivity index (χ1) is 7.79. The Morgan fingerprint density at radius 3 is 2.19 bits per heavy atom. The van der Waals surface area contributed by atoms with Crippen molar-refractivity contribution < 1.29 is 9.90 Å². The van der Waals surface area contributed by atoms with Gasteiger partial charge in [0.1, 0.15) is 0 Å². The third-order valence-electron chi connectivity index (χ3n) is 3.26. The first kappa shape index (κ1) is 13.3. The fourth-order valence-electron chi connectivity index (χ4n) is 2.32. The first-order valence-electron chi connectivity index (χ1n) is 6.69. The Labute approximate surface area is 98.7 Å². The lowest BCUT2D eigenvalue weighted by Crippen LogP contribution is -1.98. The van der Waals surface area contributed by atoms with Gasteiger partial charge in [0, 0.05) is 0 Å². The third-order valence-corrected chi connectivity index (χ3v) is 3.26. The molecule has 1 rings (SSSR count). The Morgan fingerprint density at radius 2 is 1.56 bits per heavy atom. The van der Waals surface area contributed by atoms with Crippen LogP contribution in [-0.2, 0) is 4.79 Å². The topological polar surface area (TPSA) is 37.3 Å². The molecule has 1 aliphatic rings. The molecule has 0 spiro atoms. The normalized spacial score (nSPS) is 23.6. The lowest BCUT2D eigenvalue weighted by molar-refractivity contribution is -0.136. The molecule has 0 amide bonds. The molecule has 0 aromatic rings. The summed E-state index contributed by atoms with van der Waals surface area (Å²) in [6.45, 7) is 0. The minimum Gasteiger partial charge on any atom is -0.481 e. The zero-order chi connectivity index (χ0) is 11.6. The molecule has 92 valence electrons. The van der Waals surface area contributed by atoms with E-state index in [9.17, 15) is 4.79 Å². The molecule has 1 aliphatic carbocycles. The van der Waals surface area contributed by atoms with Crippen LogP contribution in [0.25, 0.3) is 0 Å². The molecule has 2 heteroatoms. The van der Waals surface area contributed by atoms with E-state index in [1.165, 1.54) is 51.4 Å². The zero-order valence-corrected chi connectivity index (χ0v) is 10.2. The fourth-order valence-corrected chi connectivity index (χ4v) is 2.32. The van der Waals surface area contributed by atoms with Crippen molar-refractivity contribution in [3.05, 3.63) is 11.6 Å². The summed E-state index contributed by atoms with van der Waals surface area (Å²) < 4.78 is 0. The van der Waals surface area contributed by atoms with Crippen LogP contribution in [0.5, 0.6) is 0 Å². The Balaban J connectivity index is 2.40. The maximum absolute atomic E-state index is 10.7.